The molecule has 0 radical (unpaired) electrons. The Labute approximate surface area is 117 Å². The van der Waals surface area contributed by atoms with Gasteiger partial charge in [-0.05, 0) is 49.6 Å². The number of likely N-dealkylation sites (tertiary alicyclic amines) is 2. The van der Waals surface area contributed by atoms with Crippen molar-refractivity contribution in [2.75, 3.05) is 32.7 Å². The van der Waals surface area contributed by atoms with Crippen molar-refractivity contribution in [3.63, 3.8) is 0 Å². The average molecular weight is 264 g/mol. The van der Waals surface area contributed by atoms with Crippen molar-refractivity contribution < 1.29 is 4.79 Å². The topological polar surface area (TPSA) is 23.6 Å². The summed E-state index contributed by atoms with van der Waals surface area (Å²) < 4.78 is 0. The molecular formula is C16H28N2O. The zero-order valence-corrected chi connectivity index (χ0v) is 12.5. The third-order valence-corrected chi connectivity index (χ3v) is 4.68. The van der Waals surface area contributed by atoms with Crippen LogP contribution in [0.2, 0.25) is 0 Å². The van der Waals surface area contributed by atoms with Crippen molar-refractivity contribution in [1.82, 2.24) is 9.80 Å². The monoisotopic (exact) mass is 264 g/mol. The zero-order chi connectivity index (χ0) is 13.9. The van der Waals surface area contributed by atoms with Crippen LogP contribution in [-0.4, -0.2) is 48.4 Å². The van der Waals surface area contributed by atoms with Crippen molar-refractivity contribution in [2.24, 2.45) is 11.3 Å². The van der Waals surface area contributed by atoms with E-state index in [-0.39, 0.29) is 5.91 Å². The van der Waals surface area contributed by atoms with Crippen molar-refractivity contribution in [3.8, 4) is 0 Å². The SMILES string of the molecule is C=CC(=O)N1CCC2(CC1)CN(CCCC(C)C)C2. The van der Waals surface area contributed by atoms with Gasteiger partial charge in [-0.3, -0.25) is 4.79 Å². The molecule has 0 N–H and O–H groups in total. The Hall–Kier alpha value is -0.830. The van der Waals surface area contributed by atoms with E-state index in [0.717, 1.165) is 19.0 Å². The molecule has 0 aromatic carbocycles. The van der Waals surface area contributed by atoms with E-state index in [9.17, 15) is 4.79 Å². The number of rotatable bonds is 5. The summed E-state index contributed by atoms with van der Waals surface area (Å²) in [5.74, 6) is 0.923. The van der Waals surface area contributed by atoms with Crippen LogP contribution < -0.4 is 0 Å². The van der Waals surface area contributed by atoms with Gasteiger partial charge >= 0.3 is 0 Å². The standard InChI is InChI=1S/C16H28N2O/c1-4-15(19)18-10-7-16(8-11-18)12-17(13-16)9-5-6-14(2)3/h4,14H,1,5-13H2,2-3H3. The summed E-state index contributed by atoms with van der Waals surface area (Å²) in [4.78, 5) is 16.1. The Balaban J connectivity index is 1.66. The van der Waals surface area contributed by atoms with Crippen LogP contribution in [0.1, 0.15) is 39.5 Å². The fourth-order valence-corrected chi connectivity index (χ4v) is 3.43. The number of hydrogen-bond donors (Lipinski definition) is 0. The van der Waals surface area contributed by atoms with E-state index in [1.54, 1.807) is 0 Å². The first-order valence-electron chi connectivity index (χ1n) is 7.68. The number of hydrogen-bond acceptors (Lipinski definition) is 2. The van der Waals surface area contributed by atoms with Crippen molar-refractivity contribution >= 4 is 5.91 Å². The van der Waals surface area contributed by atoms with Gasteiger partial charge < -0.3 is 9.80 Å². The third kappa shape index (κ3) is 3.59. The molecule has 0 aliphatic carbocycles. The van der Waals surface area contributed by atoms with E-state index >= 15 is 0 Å². The molecule has 3 heteroatoms. The van der Waals surface area contributed by atoms with Gasteiger partial charge in [-0.25, -0.2) is 0 Å². The van der Waals surface area contributed by atoms with E-state index in [4.69, 9.17) is 0 Å². The second-order valence-corrected chi connectivity index (χ2v) is 6.78. The fourth-order valence-electron chi connectivity index (χ4n) is 3.43. The number of carbonyl (C=O) groups is 1. The smallest absolute Gasteiger partial charge is 0.245 e. The summed E-state index contributed by atoms with van der Waals surface area (Å²) in [6.45, 7) is 13.8. The largest absolute Gasteiger partial charge is 0.339 e. The molecule has 0 aromatic heterocycles. The first-order chi connectivity index (χ1) is 9.04. The van der Waals surface area contributed by atoms with Gasteiger partial charge in [0, 0.05) is 26.2 Å². The summed E-state index contributed by atoms with van der Waals surface area (Å²) in [5, 5.41) is 0. The van der Waals surface area contributed by atoms with Gasteiger partial charge in [0.25, 0.3) is 0 Å². The molecule has 2 aliphatic rings. The lowest BCUT2D eigenvalue weighted by Gasteiger charge is -2.54. The van der Waals surface area contributed by atoms with Gasteiger partial charge in [0.05, 0.1) is 0 Å². The van der Waals surface area contributed by atoms with Crippen LogP contribution in [0.5, 0.6) is 0 Å². The highest BCUT2D eigenvalue weighted by molar-refractivity contribution is 5.87. The third-order valence-electron chi connectivity index (χ3n) is 4.68. The summed E-state index contributed by atoms with van der Waals surface area (Å²) >= 11 is 0. The molecule has 3 nitrogen and oxygen atoms in total. The minimum Gasteiger partial charge on any atom is -0.339 e. The molecule has 2 rings (SSSR count). The molecule has 2 aliphatic heterocycles. The second-order valence-electron chi connectivity index (χ2n) is 6.78. The van der Waals surface area contributed by atoms with Gasteiger partial charge in [0.1, 0.15) is 0 Å². The summed E-state index contributed by atoms with van der Waals surface area (Å²) in [5.41, 5.74) is 0.524. The van der Waals surface area contributed by atoms with Gasteiger partial charge in [0.2, 0.25) is 5.91 Å². The summed E-state index contributed by atoms with van der Waals surface area (Å²) in [6.07, 6.45) is 6.46. The minimum absolute atomic E-state index is 0.1000. The van der Waals surface area contributed by atoms with Gasteiger partial charge in [-0.2, -0.15) is 0 Å². The second kappa shape index (κ2) is 6.08. The lowest BCUT2D eigenvalue weighted by atomic mass is 9.72. The lowest BCUT2D eigenvalue weighted by molar-refractivity contribution is -0.131. The molecule has 0 atom stereocenters. The van der Waals surface area contributed by atoms with Crippen LogP contribution >= 0.6 is 0 Å². The number of piperidine rings is 1. The molecule has 1 spiro atoms. The number of nitrogens with zero attached hydrogens (tertiary/aromatic N) is 2. The van der Waals surface area contributed by atoms with Crippen LogP contribution in [0.3, 0.4) is 0 Å². The van der Waals surface area contributed by atoms with Gasteiger partial charge in [-0.1, -0.05) is 20.4 Å². The summed E-state index contributed by atoms with van der Waals surface area (Å²) in [6, 6.07) is 0. The maximum absolute atomic E-state index is 11.6. The van der Waals surface area contributed by atoms with Crippen LogP contribution in [0.15, 0.2) is 12.7 Å². The van der Waals surface area contributed by atoms with Crippen molar-refractivity contribution in [3.05, 3.63) is 12.7 Å². The van der Waals surface area contributed by atoms with E-state index < -0.39 is 0 Å². The average Bonchev–Trinajstić information content (AvgIpc) is 2.36. The lowest BCUT2D eigenvalue weighted by Crippen LogP contribution is -2.60. The number of amides is 1. The van der Waals surface area contributed by atoms with Gasteiger partial charge in [0.15, 0.2) is 0 Å². The molecule has 0 unspecified atom stereocenters. The van der Waals surface area contributed by atoms with E-state index in [1.807, 2.05) is 4.90 Å². The van der Waals surface area contributed by atoms with Crippen LogP contribution in [0.25, 0.3) is 0 Å². The Bertz CT molecular complexity index is 322. The molecule has 2 heterocycles. The highest BCUT2D eigenvalue weighted by Gasteiger charge is 2.44. The minimum atomic E-state index is 0.1000. The first kappa shape index (κ1) is 14.6. The van der Waals surface area contributed by atoms with E-state index in [1.165, 1.54) is 51.4 Å². The maximum Gasteiger partial charge on any atom is 0.245 e. The Morgan fingerprint density at radius 3 is 2.47 bits per heavy atom. The van der Waals surface area contributed by atoms with E-state index in [2.05, 4.69) is 25.3 Å². The van der Waals surface area contributed by atoms with Crippen molar-refractivity contribution in [1.29, 1.82) is 0 Å². The molecule has 0 aromatic rings. The Morgan fingerprint density at radius 1 is 1.32 bits per heavy atom. The Morgan fingerprint density at radius 2 is 1.95 bits per heavy atom. The van der Waals surface area contributed by atoms with Crippen LogP contribution in [0.4, 0.5) is 0 Å². The molecule has 108 valence electrons. The summed E-state index contributed by atoms with van der Waals surface area (Å²) in [7, 11) is 0. The molecule has 1 amide bonds. The molecule has 0 bridgehead atoms. The normalized spacial score (nSPS) is 22.6. The molecule has 19 heavy (non-hydrogen) atoms. The van der Waals surface area contributed by atoms with E-state index in [0.29, 0.717) is 5.41 Å². The predicted molar refractivity (Wildman–Crippen MR) is 79.0 cm³/mol. The van der Waals surface area contributed by atoms with Gasteiger partial charge in [-0.15, -0.1) is 0 Å². The zero-order valence-electron chi connectivity index (χ0n) is 12.5. The molecule has 2 saturated heterocycles. The van der Waals surface area contributed by atoms with Crippen LogP contribution in [-0.2, 0) is 4.79 Å². The molecule has 2 fully saturated rings. The fraction of sp³-hybridized carbons (Fsp3) is 0.812. The highest BCUT2D eigenvalue weighted by Crippen LogP contribution is 2.40. The highest BCUT2D eigenvalue weighted by atomic mass is 16.2. The molecule has 0 saturated carbocycles. The predicted octanol–water partition coefficient (Wildman–Crippen LogP) is 2.53. The molecular weight excluding hydrogens is 236 g/mol. The number of carbonyl (C=O) groups excluding carboxylic acids is 1. The first-order valence-corrected chi connectivity index (χ1v) is 7.68. The quantitative estimate of drug-likeness (QED) is 0.712. The van der Waals surface area contributed by atoms with Crippen molar-refractivity contribution in [2.45, 2.75) is 39.5 Å². The maximum atomic E-state index is 11.6. The Kier molecular flexibility index (Phi) is 4.67. The van der Waals surface area contributed by atoms with Crippen LogP contribution in [0, 0.1) is 11.3 Å².